The summed E-state index contributed by atoms with van der Waals surface area (Å²) >= 11 is 0. The van der Waals surface area contributed by atoms with Gasteiger partial charge in [-0.15, -0.1) is 0 Å². The monoisotopic (exact) mass is 223 g/mol. The molecule has 0 spiro atoms. The molecule has 0 radical (unpaired) electrons. The van der Waals surface area contributed by atoms with Crippen molar-refractivity contribution in [3.05, 3.63) is 24.2 Å². The zero-order valence-corrected chi connectivity index (χ0v) is 10.8. The summed E-state index contributed by atoms with van der Waals surface area (Å²) in [5, 5.41) is 3.57. The highest BCUT2D eigenvalue weighted by Crippen LogP contribution is 2.14. The summed E-state index contributed by atoms with van der Waals surface area (Å²) in [6.45, 7) is 7.83. The van der Waals surface area contributed by atoms with Gasteiger partial charge in [0.25, 0.3) is 0 Å². The Morgan fingerprint density at radius 3 is 2.75 bits per heavy atom. The summed E-state index contributed by atoms with van der Waals surface area (Å²) in [5.74, 6) is 1.91. The maximum absolute atomic E-state index is 5.37. The van der Waals surface area contributed by atoms with Crippen molar-refractivity contribution in [1.29, 1.82) is 0 Å². The minimum Gasteiger partial charge on any atom is -0.469 e. The minimum absolute atomic E-state index is 0.630. The van der Waals surface area contributed by atoms with Crippen molar-refractivity contribution < 1.29 is 4.42 Å². The molecule has 1 aromatic rings. The van der Waals surface area contributed by atoms with Gasteiger partial charge in [0.05, 0.1) is 6.26 Å². The van der Waals surface area contributed by atoms with Crippen molar-refractivity contribution in [1.82, 2.24) is 5.32 Å². The summed E-state index contributed by atoms with van der Waals surface area (Å²) in [6.07, 6.45) is 6.51. The first-order valence-corrected chi connectivity index (χ1v) is 6.52. The minimum atomic E-state index is 0.630. The van der Waals surface area contributed by atoms with Gasteiger partial charge in [-0.05, 0) is 37.4 Å². The van der Waals surface area contributed by atoms with Gasteiger partial charge in [-0.2, -0.15) is 0 Å². The predicted octanol–water partition coefficient (Wildman–Crippen LogP) is 3.63. The Kier molecular flexibility index (Phi) is 6.24. The Morgan fingerprint density at radius 1 is 1.38 bits per heavy atom. The second-order valence-electron chi connectivity index (χ2n) is 4.62. The average Bonchev–Trinajstić information content (AvgIpc) is 2.79. The lowest BCUT2D eigenvalue weighted by Gasteiger charge is -2.20. The van der Waals surface area contributed by atoms with Gasteiger partial charge < -0.3 is 9.73 Å². The fraction of sp³-hybridized carbons (Fsp3) is 0.714. The second kappa shape index (κ2) is 7.50. The van der Waals surface area contributed by atoms with Crippen molar-refractivity contribution >= 4 is 0 Å². The average molecular weight is 223 g/mol. The molecule has 0 aliphatic rings. The van der Waals surface area contributed by atoms with Crippen LogP contribution in [0.3, 0.4) is 0 Å². The van der Waals surface area contributed by atoms with Crippen LogP contribution in [0.15, 0.2) is 22.8 Å². The highest BCUT2D eigenvalue weighted by atomic mass is 16.3. The topological polar surface area (TPSA) is 25.2 Å². The van der Waals surface area contributed by atoms with Gasteiger partial charge in [0.1, 0.15) is 5.76 Å². The Bertz CT molecular complexity index is 256. The molecule has 0 bridgehead atoms. The molecule has 92 valence electrons. The van der Waals surface area contributed by atoms with Crippen LogP contribution in [0.25, 0.3) is 0 Å². The lowest BCUT2D eigenvalue weighted by atomic mass is 9.96. The van der Waals surface area contributed by atoms with E-state index in [-0.39, 0.29) is 0 Å². The van der Waals surface area contributed by atoms with Gasteiger partial charge in [0.2, 0.25) is 0 Å². The van der Waals surface area contributed by atoms with E-state index in [0.29, 0.717) is 6.04 Å². The zero-order chi connectivity index (χ0) is 11.8. The lowest BCUT2D eigenvalue weighted by molar-refractivity contribution is 0.372. The molecular formula is C14H25NO. The SMILES string of the molecule is CCNC(CCc1ccco1)CC(C)CC. The summed E-state index contributed by atoms with van der Waals surface area (Å²) < 4.78 is 5.37. The standard InChI is InChI=1S/C14H25NO/c1-4-12(3)11-13(15-5-2)8-9-14-7-6-10-16-14/h6-7,10,12-13,15H,4-5,8-9,11H2,1-3H3. The third-order valence-corrected chi connectivity index (χ3v) is 3.20. The molecular weight excluding hydrogens is 198 g/mol. The first kappa shape index (κ1) is 13.3. The van der Waals surface area contributed by atoms with Gasteiger partial charge in [-0.3, -0.25) is 0 Å². The molecule has 0 aliphatic carbocycles. The van der Waals surface area contributed by atoms with E-state index >= 15 is 0 Å². The molecule has 0 amide bonds. The second-order valence-corrected chi connectivity index (χ2v) is 4.62. The van der Waals surface area contributed by atoms with Crippen LogP contribution in [0.5, 0.6) is 0 Å². The van der Waals surface area contributed by atoms with Gasteiger partial charge in [0.15, 0.2) is 0 Å². The molecule has 0 saturated carbocycles. The van der Waals surface area contributed by atoms with Crippen LogP contribution in [-0.2, 0) is 6.42 Å². The molecule has 1 aromatic heterocycles. The van der Waals surface area contributed by atoms with Crippen LogP contribution in [0.2, 0.25) is 0 Å². The van der Waals surface area contributed by atoms with Crippen LogP contribution in [0.1, 0.15) is 45.8 Å². The van der Waals surface area contributed by atoms with Gasteiger partial charge in [0, 0.05) is 12.5 Å². The quantitative estimate of drug-likeness (QED) is 0.728. The summed E-state index contributed by atoms with van der Waals surface area (Å²) in [4.78, 5) is 0. The Morgan fingerprint density at radius 2 is 2.19 bits per heavy atom. The van der Waals surface area contributed by atoms with E-state index in [2.05, 4.69) is 32.2 Å². The van der Waals surface area contributed by atoms with Crippen molar-refractivity contribution in [3.8, 4) is 0 Å². The van der Waals surface area contributed by atoms with Crippen LogP contribution in [0.4, 0.5) is 0 Å². The van der Waals surface area contributed by atoms with Crippen molar-refractivity contribution in [2.45, 2.75) is 52.5 Å². The first-order valence-electron chi connectivity index (χ1n) is 6.52. The molecule has 2 unspecified atom stereocenters. The zero-order valence-electron chi connectivity index (χ0n) is 10.8. The Labute approximate surface area is 99.4 Å². The van der Waals surface area contributed by atoms with E-state index in [4.69, 9.17) is 4.42 Å². The number of aryl methyl sites for hydroxylation is 1. The van der Waals surface area contributed by atoms with Gasteiger partial charge in [-0.25, -0.2) is 0 Å². The summed E-state index contributed by atoms with van der Waals surface area (Å²) in [7, 11) is 0. The fourth-order valence-electron chi connectivity index (χ4n) is 2.02. The van der Waals surface area contributed by atoms with E-state index < -0.39 is 0 Å². The van der Waals surface area contributed by atoms with Crippen LogP contribution >= 0.6 is 0 Å². The molecule has 0 fully saturated rings. The Balaban J connectivity index is 2.32. The summed E-state index contributed by atoms with van der Waals surface area (Å²) in [6, 6.07) is 4.66. The van der Waals surface area contributed by atoms with Gasteiger partial charge >= 0.3 is 0 Å². The number of rotatable bonds is 8. The van der Waals surface area contributed by atoms with Crippen LogP contribution < -0.4 is 5.32 Å². The summed E-state index contributed by atoms with van der Waals surface area (Å²) in [5.41, 5.74) is 0. The van der Waals surface area contributed by atoms with Crippen LogP contribution in [-0.4, -0.2) is 12.6 Å². The number of hydrogen-bond acceptors (Lipinski definition) is 2. The van der Waals surface area contributed by atoms with Crippen molar-refractivity contribution in [3.63, 3.8) is 0 Å². The maximum atomic E-state index is 5.37. The molecule has 1 heterocycles. The Hall–Kier alpha value is -0.760. The largest absolute Gasteiger partial charge is 0.469 e. The van der Waals surface area contributed by atoms with E-state index in [1.807, 2.05) is 6.07 Å². The molecule has 2 nitrogen and oxygen atoms in total. The third-order valence-electron chi connectivity index (χ3n) is 3.20. The number of furan rings is 1. The molecule has 2 heteroatoms. The normalized spacial score (nSPS) is 14.9. The van der Waals surface area contributed by atoms with Crippen molar-refractivity contribution in [2.24, 2.45) is 5.92 Å². The van der Waals surface area contributed by atoms with E-state index in [1.165, 1.54) is 19.3 Å². The number of nitrogens with one attached hydrogen (secondary N) is 1. The molecule has 1 rings (SSSR count). The fourth-order valence-corrected chi connectivity index (χ4v) is 2.02. The van der Waals surface area contributed by atoms with Crippen LogP contribution in [0, 0.1) is 5.92 Å². The van der Waals surface area contributed by atoms with E-state index in [9.17, 15) is 0 Å². The molecule has 0 aromatic carbocycles. The number of hydrogen-bond donors (Lipinski definition) is 1. The molecule has 0 aliphatic heterocycles. The molecule has 1 N–H and O–H groups in total. The van der Waals surface area contributed by atoms with E-state index in [1.54, 1.807) is 6.26 Å². The highest BCUT2D eigenvalue weighted by Gasteiger charge is 2.11. The predicted molar refractivity (Wildman–Crippen MR) is 68.6 cm³/mol. The van der Waals surface area contributed by atoms with E-state index in [0.717, 1.165) is 24.6 Å². The molecule has 2 atom stereocenters. The first-order chi connectivity index (χ1) is 7.76. The van der Waals surface area contributed by atoms with Gasteiger partial charge in [-0.1, -0.05) is 27.2 Å². The molecule has 16 heavy (non-hydrogen) atoms. The lowest BCUT2D eigenvalue weighted by Crippen LogP contribution is -2.31. The highest BCUT2D eigenvalue weighted by molar-refractivity contribution is 4.98. The smallest absolute Gasteiger partial charge is 0.103 e. The van der Waals surface area contributed by atoms with Crippen molar-refractivity contribution in [2.75, 3.05) is 6.54 Å². The molecule has 0 saturated heterocycles. The maximum Gasteiger partial charge on any atom is 0.103 e. The third kappa shape index (κ3) is 4.84.